The Labute approximate surface area is 196 Å². The minimum absolute atomic E-state index is 0.779. The highest BCUT2D eigenvalue weighted by Gasteiger charge is 2.54. The van der Waals surface area contributed by atoms with Gasteiger partial charge in [-0.05, 0) is 0 Å². The Bertz CT molecular complexity index is 711. The molecule has 15 atom stereocenters. The van der Waals surface area contributed by atoms with Crippen LogP contribution in [0.25, 0.3) is 0 Å². The number of carbonyl (C=O) groups is 1. The highest BCUT2D eigenvalue weighted by Crippen LogP contribution is 2.32. The molecule has 17 heteroatoms. The number of hydrogen-bond acceptors (Lipinski definition) is 16. The molecule has 0 spiro atoms. The number of aliphatic hydroxyl groups excluding tert-OH is 10. The molecule has 0 aliphatic carbocycles. The Kier molecular flexibility index (Phi) is 9.35. The first-order valence-corrected chi connectivity index (χ1v) is 10.6. The van der Waals surface area contributed by atoms with Gasteiger partial charge in [0.25, 0.3) is 0 Å². The highest BCUT2D eigenvalue weighted by molar-refractivity contribution is 5.73. The van der Waals surface area contributed by atoms with E-state index in [9.17, 15) is 55.9 Å². The molecule has 0 unspecified atom stereocenters. The van der Waals surface area contributed by atoms with Crippen molar-refractivity contribution in [2.45, 2.75) is 92.1 Å². The van der Waals surface area contributed by atoms with E-state index in [1.807, 2.05) is 0 Å². The first-order chi connectivity index (χ1) is 16.4. The number of aliphatic hydroxyl groups is 10. The zero-order chi connectivity index (χ0) is 26.2. The minimum atomic E-state index is -2.05. The van der Waals surface area contributed by atoms with Crippen LogP contribution >= 0.6 is 0 Å². The SMILES string of the molecule is O=C(O)[C@H]1O[C@H](O[C@@H]2[C@H](O)[C@@H](O[C@@H]3[C@@H](O)[C@H](O)O[C@H](CO)[C@H]3O)O[C@H](CO)[C@H]2O)[C@H](O)[C@@H](O)[C@@H]1O. The van der Waals surface area contributed by atoms with Crippen molar-refractivity contribution in [3.05, 3.63) is 0 Å². The number of rotatable bonds is 7. The fourth-order valence-electron chi connectivity index (χ4n) is 4.03. The van der Waals surface area contributed by atoms with Crippen LogP contribution in [0.15, 0.2) is 0 Å². The lowest BCUT2D eigenvalue weighted by Crippen LogP contribution is -2.67. The molecule has 3 aliphatic heterocycles. The number of carboxylic acid groups (broad SMARTS) is 1. The second-order valence-corrected chi connectivity index (χ2v) is 8.37. The summed E-state index contributed by atoms with van der Waals surface area (Å²) in [6.45, 7) is -1.65. The summed E-state index contributed by atoms with van der Waals surface area (Å²) in [6.07, 6.45) is -27.9. The molecule has 0 aromatic heterocycles. The van der Waals surface area contributed by atoms with Gasteiger partial charge >= 0.3 is 5.97 Å². The van der Waals surface area contributed by atoms with Crippen molar-refractivity contribution in [3.8, 4) is 0 Å². The third kappa shape index (κ3) is 5.59. The minimum Gasteiger partial charge on any atom is -0.479 e. The molecule has 35 heavy (non-hydrogen) atoms. The van der Waals surface area contributed by atoms with E-state index in [-0.39, 0.29) is 0 Å². The van der Waals surface area contributed by atoms with Crippen LogP contribution in [-0.4, -0.2) is 167 Å². The maximum Gasteiger partial charge on any atom is 0.335 e. The highest BCUT2D eigenvalue weighted by atomic mass is 16.7. The molecule has 0 amide bonds. The summed E-state index contributed by atoms with van der Waals surface area (Å²) in [5.41, 5.74) is 0. The summed E-state index contributed by atoms with van der Waals surface area (Å²) in [7, 11) is 0. The summed E-state index contributed by atoms with van der Waals surface area (Å²) in [5.74, 6) is -1.71. The topological polar surface area (TPSA) is 286 Å². The lowest BCUT2D eigenvalue weighted by molar-refractivity contribution is -0.377. The standard InChI is InChI=1S/C18H30O17/c19-1-3-5(21)12(10(26)16(30)31-3)33-18-11(27)13(6(22)4(2-20)32-18)34-17-9(25)7(23)8(24)14(35-17)15(28)29/h3-14,16-27,30H,1-2H2,(H,28,29)/t3-,4-,5-,6-,7+,8+,9-,10-,11+,12+,13+,14+,16-,17+,18-/m1/s1. The van der Waals surface area contributed by atoms with Crippen LogP contribution < -0.4 is 0 Å². The monoisotopic (exact) mass is 518 g/mol. The molecule has 0 bridgehead atoms. The van der Waals surface area contributed by atoms with Gasteiger partial charge < -0.3 is 79.9 Å². The number of aliphatic carboxylic acids is 1. The van der Waals surface area contributed by atoms with Gasteiger partial charge in [0.05, 0.1) is 13.2 Å². The van der Waals surface area contributed by atoms with Crippen LogP contribution in [0.3, 0.4) is 0 Å². The molecular weight excluding hydrogens is 488 g/mol. The van der Waals surface area contributed by atoms with E-state index in [4.69, 9.17) is 28.8 Å². The van der Waals surface area contributed by atoms with Crippen LogP contribution in [-0.2, 0) is 28.5 Å². The largest absolute Gasteiger partial charge is 0.479 e. The summed E-state index contributed by atoms with van der Waals surface area (Å²) >= 11 is 0. The van der Waals surface area contributed by atoms with Gasteiger partial charge in [-0.2, -0.15) is 0 Å². The van der Waals surface area contributed by atoms with E-state index in [2.05, 4.69) is 0 Å². The number of ether oxygens (including phenoxy) is 5. The molecule has 11 N–H and O–H groups in total. The molecule has 3 aliphatic rings. The molecular formula is C18H30O17. The molecule has 0 aromatic rings. The number of carboxylic acids is 1. The average Bonchev–Trinajstić information content (AvgIpc) is 2.82. The smallest absolute Gasteiger partial charge is 0.335 e. The summed E-state index contributed by atoms with van der Waals surface area (Å²) < 4.78 is 25.8. The van der Waals surface area contributed by atoms with Gasteiger partial charge in [-0.3, -0.25) is 0 Å². The molecule has 3 fully saturated rings. The maximum atomic E-state index is 11.3. The summed E-state index contributed by atoms with van der Waals surface area (Å²) in [5, 5.41) is 109. The Morgan fingerprint density at radius 1 is 0.600 bits per heavy atom. The molecule has 17 nitrogen and oxygen atoms in total. The quantitative estimate of drug-likeness (QED) is 0.149. The lowest BCUT2D eigenvalue weighted by atomic mass is 9.96. The van der Waals surface area contributed by atoms with Gasteiger partial charge in [0.1, 0.15) is 67.1 Å². The molecule has 3 rings (SSSR count). The number of hydrogen-bond donors (Lipinski definition) is 11. The maximum absolute atomic E-state index is 11.3. The van der Waals surface area contributed by atoms with Gasteiger partial charge in [0, 0.05) is 0 Å². The zero-order valence-corrected chi connectivity index (χ0v) is 17.9. The van der Waals surface area contributed by atoms with Crippen molar-refractivity contribution in [1.82, 2.24) is 0 Å². The van der Waals surface area contributed by atoms with Gasteiger partial charge in [-0.1, -0.05) is 0 Å². The van der Waals surface area contributed by atoms with Gasteiger partial charge in [0.15, 0.2) is 25.0 Å². The predicted molar refractivity (Wildman–Crippen MR) is 102 cm³/mol. The first kappa shape index (κ1) is 28.4. The molecule has 0 saturated carbocycles. The second-order valence-electron chi connectivity index (χ2n) is 8.37. The third-order valence-electron chi connectivity index (χ3n) is 6.06. The summed E-state index contributed by atoms with van der Waals surface area (Å²) in [4.78, 5) is 11.3. The molecule has 3 heterocycles. The van der Waals surface area contributed by atoms with Crippen LogP contribution in [0.5, 0.6) is 0 Å². The predicted octanol–water partition coefficient (Wildman–Crippen LogP) is -7.48. The summed E-state index contributed by atoms with van der Waals surface area (Å²) in [6, 6.07) is 0. The van der Waals surface area contributed by atoms with Gasteiger partial charge in [-0.15, -0.1) is 0 Å². The Balaban J connectivity index is 1.80. The zero-order valence-electron chi connectivity index (χ0n) is 17.9. The normalized spacial score (nSPS) is 51.2. The van der Waals surface area contributed by atoms with E-state index in [0.717, 1.165) is 0 Å². The van der Waals surface area contributed by atoms with E-state index in [1.54, 1.807) is 0 Å². The van der Waals surface area contributed by atoms with Gasteiger partial charge in [0.2, 0.25) is 0 Å². The third-order valence-corrected chi connectivity index (χ3v) is 6.06. The van der Waals surface area contributed by atoms with Crippen molar-refractivity contribution < 1.29 is 84.7 Å². The van der Waals surface area contributed by atoms with Crippen LogP contribution in [0, 0.1) is 0 Å². The second kappa shape index (κ2) is 11.5. The lowest BCUT2D eigenvalue weighted by Gasteiger charge is -2.47. The average molecular weight is 518 g/mol. The molecule has 3 saturated heterocycles. The Hall–Kier alpha value is -1.13. The fourth-order valence-corrected chi connectivity index (χ4v) is 4.03. The van der Waals surface area contributed by atoms with Crippen LogP contribution in [0.1, 0.15) is 0 Å². The van der Waals surface area contributed by atoms with Crippen LogP contribution in [0.2, 0.25) is 0 Å². The fraction of sp³-hybridized carbons (Fsp3) is 0.944. The van der Waals surface area contributed by atoms with E-state index in [1.165, 1.54) is 0 Å². The Morgan fingerprint density at radius 2 is 1.09 bits per heavy atom. The van der Waals surface area contributed by atoms with E-state index in [0.29, 0.717) is 0 Å². The molecule has 0 radical (unpaired) electrons. The van der Waals surface area contributed by atoms with Crippen molar-refractivity contribution >= 4 is 5.97 Å². The molecule has 0 aromatic carbocycles. The van der Waals surface area contributed by atoms with Crippen molar-refractivity contribution in [2.24, 2.45) is 0 Å². The molecule has 204 valence electrons. The van der Waals surface area contributed by atoms with Gasteiger partial charge in [-0.25, -0.2) is 4.79 Å². The first-order valence-electron chi connectivity index (χ1n) is 10.6. The van der Waals surface area contributed by atoms with Crippen molar-refractivity contribution in [3.63, 3.8) is 0 Å². The van der Waals surface area contributed by atoms with Crippen LogP contribution in [0.4, 0.5) is 0 Å². The van der Waals surface area contributed by atoms with E-state index >= 15 is 0 Å². The van der Waals surface area contributed by atoms with Crippen molar-refractivity contribution in [2.75, 3.05) is 13.2 Å². The Morgan fingerprint density at radius 3 is 1.60 bits per heavy atom. The van der Waals surface area contributed by atoms with Crippen molar-refractivity contribution in [1.29, 1.82) is 0 Å². The van der Waals surface area contributed by atoms with E-state index < -0.39 is 111 Å².